The number of ether oxygens (including phenoxy) is 1. The molecule has 130 valence electrons. The maximum absolute atomic E-state index is 5.85. The predicted octanol–water partition coefficient (Wildman–Crippen LogP) is 2.89. The molecule has 6 heteroatoms. The van der Waals surface area contributed by atoms with E-state index >= 15 is 0 Å². The van der Waals surface area contributed by atoms with Gasteiger partial charge in [0.05, 0.1) is 5.69 Å². The lowest BCUT2D eigenvalue weighted by Gasteiger charge is -2.13. The van der Waals surface area contributed by atoms with Crippen molar-refractivity contribution in [3.05, 3.63) is 53.9 Å². The second-order valence-corrected chi connectivity index (χ2v) is 6.24. The number of aromatic nitrogens is 4. The number of aryl methyl sites for hydroxylation is 2. The maximum Gasteiger partial charge on any atom is 0.219 e. The van der Waals surface area contributed by atoms with Gasteiger partial charge in [-0.2, -0.15) is 10.1 Å². The molecule has 0 radical (unpaired) electrons. The lowest BCUT2D eigenvalue weighted by molar-refractivity contribution is 0.253. The third-order valence-electron chi connectivity index (χ3n) is 3.74. The zero-order chi connectivity index (χ0) is 17.8. The minimum atomic E-state index is 0.554. The first kappa shape index (κ1) is 17.1. The van der Waals surface area contributed by atoms with Crippen molar-refractivity contribution in [2.45, 2.75) is 13.8 Å². The van der Waals surface area contributed by atoms with Gasteiger partial charge in [0, 0.05) is 23.9 Å². The SMILES string of the molecule is Cc1cc(C)n(-c2cc(OCCN(C)C)nc(-c3ccccc3)n2)n1. The minimum Gasteiger partial charge on any atom is -0.476 e. The smallest absolute Gasteiger partial charge is 0.219 e. The number of likely N-dealkylation sites (N-methyl/N-ethyl adjacent to an activating group) is 1. The van der Waals surface area contributed by atoms with Gasteiger partial charge < -0.3 is 9.64 Å². The molecule has 0 N–H and O–H groups in total. The Morgan fingerprint density at radius 3 is 2.44 bits per heavy atom. The molecule has 0 bridgehead atoms. The first-order valence-electron chi connectivity index (χ1n) is 8.28. The highest BCUT2D eigenvalue weighted by Crippen LogP contribution is 2.21. The van der Waals surface area contributed by atoms with Crippen LogP contribution in [0.4, 0.5) is 0 Å². The molecular weight excluding hydrogens is 314 g/mol. The Labute approximate surface area is 148 Å². The summed E-state index contributed by atoms with van der Waals surface area (Å²) in [5, 5.41) is 4.53. The van der Waals surface area contributed by atoms with Crippen molar-refractivity contribution in [3.63, 3.8) is 0 Å². The standard InChI is InChI=1S/C19H23N5O/c1-14-12-15(2)24(22-14)17-13-18(25-11-10-23(3)4)21-19(20-17)16-8-6-5-7-9-16/h5-9,12-13H,10-11H2,1-4H3. The van der Waals surface area contributed by atoms with Gasteiger partial charge in [0.25, 0.3) is 0 Å². The highest BCUT2D eigenvalue weighted by molar-refractivity contribution is 5.56. The molecule has 2 aromatic heterocycles. The average Bonchev–Trinajstić information content (AvgIpc) is 2.93. The molecule has 0 unspecified atom stereocenters. The summed E-state index contributed by atoms with van der Waals surface area (Å²) in [4.78, 5) is 11.3. The number of benzene rings is 1. The largest absolute Gasteiger partial charge is 0.476 e. The zero-order valence-electron chi connectivity index (χ0n) is 15.1. The third kappa shape index (κ3) is 4.22. The van der Waals surface area contributed by atoms with Crippen LogP contribution in [-0.4, -0.2) is 51.9 Å². The number of rotatable bonds is 6. The summed E-state index contributed by atoms with van der Waals surface area (Å²) in [5.41, 5.74) is 2.92. The van der Waals surface area contributed by atoms with Gasteiger partial charge in [0.1, 0.15) is 6.61 Å². The van der Waals surface area contributed by atoms with Crippen LogP contribution in [0.5, 0.6) is 5.88 Å². The summed E-state index contributed by atoms with van der Waals surface area (Å²) in [6.07, 6.45) is 0. The lowest BCUT2D eigenvalue weighted by Crippen LogP contribution is -2.20. The van der Waals surface area contributed by atoms with Crippen LogP contribution in [0.25, 0.3) is 17.2 Å². The molecule has 0 saturated carbocycles. The molecule has 0 atom stereocenters. The topological polar surface area (TPSA) is 56.1 Å². The first-order chi connectivity index (χ1) is 12.0. The summed E-state index contributed by atoms with van der Waals surface area (Å²) < 4.78 is 7.68. The monoisotopic (exact) mass is 337 g/mol. The molecule has 0 saturated heterocycles. The van der Waals surface area contributed by atoms with Crippen molar-refractivity contribution in [2.24, 2.45) is 0 Å². The van der Waals surface area contributed by atoms with Gasteiger partial charge in [-0.1, -0.05) is 30.3 Å². The van der Waals surface area contributed by atoms with Crippen LogP contribution < -0.4 is 4.74 Å². The van der Waals surface area contributed by atoms with Gasteiger partial charge in [-0.05, 0) is 34.0 Å². The molecule has 3 rings (SSSR count). The highest BCUT2D eigenvalue weighted by atomic mass is 16.5. The van der Waals surface area contributed by atoms with Gasteiger partial charge in [0.15, 0.2) is 11.6 Å². The van der Waals surface area contributed by atoms with Crippen molar-refractivity contribution in [1.82, 2.24) is 24.6 Å². The molecule has 0 amide bonds. The van der Waals surface area contributed by atoms with Crippen LogP contribution in [0.15, 0.2) is 42.5 Å². The molecular formula is C19H23N5O. The van der Waals surface area contributed by atoms with Gasteiger partial charge >= 0.3 is 0 Å². The summed E-state index contributed by atoms with van der Waals surface area (Å²) >= 11 is 0. The molecule has 0 aliphatic rings. The number of hydrogen-bond acceptors (Lipinski definition) is 5. The van der Waals surface area contributed by atoms with E-state index in [1.807, 2.05) is 75.1 Å². The van der Waals surface area contributed by atoms with Crippen LogP contribution >= 0.6 is 0 Å². The lowest BCUT2D eigenvalue weighted by atomic mass is 10.2. The number of hydrogen-bond donors (Lipinski definition) is 0. The van der Waals surface area contributed by atoms with Gasteiger partial charge in [-0.25, -0.2) is 9.67 Å². The Balaban J connectivity index is 2.00. The van der Waals surface area contributed by atoms with E-state index in [1.54, 1.807) is 0 Å². The second kappa shape index (κ2) is 7.44. The van der Waals surface area contributed by atoms with Crippen LogP contribution in [0.2, 0.25) is 0 Å². The van der Waals surface area contributed by atoms with Crippen LogP contribution in [0.1, 0.15) is 11.4 Å². The van der Waals surface area contributed by atoms with Gasteiger partial charge in [-0.15, -0.1) is 0 Å². The maximum atomic E-state index is 5.85. The Bertz CT molecular complexity index is 842. The Kier molecular flexibility index (Phi) is 5.09. The van der Waals surface area contributed by atoms with Gasteiger partial charge in [-0.3, -0.25) is 0 Å². The van der Waals surface area contributed by atoms with Crippen molar-refractivity contribution in [3.8, 4) is 23.1 Å². The fourth-order valence-corrected chi connectivity index (χ4v) is 2.51. The number of nitrogens with zero attached hydrogens (tertiary/aromatic N) is 5. The van der Waals surface area contributed by atoms with Crippen LogP contribution in [0, 0.1) is 13.8 Å². The zero-order valence-corrected chi connectivity index (χ0v) is 15.1. The van der Waals surface area contributed by atoms with Gasteiger partial charge in [0.2, 0.25) is 5.88 Å². The predicted molar refractivity (Wildman–Crippen MR) is 98.1 cm³/mol. The van der Waals surface area contributed by atoms with E-state index < -0.39 is 0 Å². The molecule has 1 aromatic carbocycles. The summed E-state index contributed by atoms with van der Waals surface area (Å²) in [5.74, 6) is 1.89. The average molecular weight is 337 g/mol. The van der Waals surface area contributed by atoms with E-state index in [2.05, 4.69) is 15.0 Å². The first-order valence-corrected chi connectivity index (χ1v) is 8.28. The van der Waals surface area contributed by atoms with Crippen molar-refractivity contribution >= 4 is 0 Å². The molecule has 0 aliphatic carbocycles. The van der Waals surface area contributed by atoms with E-state index in [9.17, 15) is 0 Å². The Morgan fingerprint density at radius 2 is 1.80 bits per heavy atom. The van der Waals surface area contributed by atoms with Crippen molar-refractivity contribution in [1.29, 1.82) is 0 Å². The quantitative estimate of drug-likeness (QED) is 0.692. The van der Waals surface area contributed by atoms with E-state index in [0.29, 0.717) is 24.1 Å². The highest BCUT2D eigenvalue weighted by Gasteiger charge is 2.12. The minimum absolute atomic E-state index is 0.554. The molecule has 2 heterocycles. The fourth-order valence-electron chi connectivity index (χ4n) is 2.51. The normalized spacial score (nSPS) is 11.1. The molecule has 3 aromatic rings. The van der Waals surface area contributed by atoms with Crippen molar-refractivity contribution in [2.75, 3.05) is 27.2 Å². The molecule has 0 aliphatic heterocycles. The molecule has 6 nitrogen and oxygen atoms in total. The fraction of sp³-hybridized carbons (Fsp3) is 0.316. The summed E-state index contributed by atoms with van der Waals surface area (Å²) in [6.45, 7) is 5.36. The van der Waals surface area contributed by atoms with E-state index in [4.69, 9.17) is 9.72 Å². The second-order valence-electron chi connectivity index (χ2n) is 6.24. The van der Waals surface area contributed by atoms with Crippen LogP contribution in [0.3, 0.4) is 0 Å². The molecule has 25 heavy (non-hydrogen) atoms. The van der Waals surface area contributed by atoms with E-state index in [-0.39, 0.29) is 0 Å². The summed E-state index contributed by atoms with van der Waals surface area (Å²) in [6, 6.07) is 13.8. The van der Waals surface area contributed by atoms with Crippen molar-refractivity contribution < 1.29 is 4.74 Å². The molecule has 0 fully saturated rings. The van der Waals surface area contributed by atoms with E-state index in [1.165, 1.54) is 0 Å². The molecule has 0 spiro atoms. The Morgan fingerprint density at radius 1 is 1.04 bits per heavy atom. The third-order valence-corrected chi connectivity index (χ3v) is 3.74. The Hall–Kier alpha value is -2.73. The van der Waals surface area contributed by atoms with Crippen LogP contribution in [-0.2, 0) is 0 Å². The summed E-state index contributed by atoms with van der Waals surface area (Å²) in [7, 11) is 4.03. The van der Waals surface area contributed by atoms with E-state index in [0.717, 1.165) is 23.5 Å².